The third kappa shape index (κ3) is 6.14. The molecule has 0 bridgehead atoms. The predicted octanol–water partition coefficient (Wildman–Crippen LogP) is 1.66. The van der Waals surface area contributed by atoms with E-state index >= 15 is 0 Å². The van der Waals surface area contributed by atoms with E-state index in [2.05, 4.69) is 9.76 Å². The second-order valence-electron chi connectivity index (χ2n) is 11.2. The molecular weight excluding hydrogens is 647 g/mol. The Morgan fingerprint density at radius 1 is 1.15 bits per heavy atom. The molecule has 0 spiro atoms. The standard InChI is InChI=1S/C28H28F3NO13S/c1-10-22(34)14(32-45-46(40)41)6-17(43-10)44-16-8-27(39,11(2)33)7-13-19(16)26(38)21-20(24(13)36)23(35)12-4-3-5-15(18(12)25(21)37)42-9-28(29,30)31/h3-5,10,14,16-17,22,32,34,36,38-39H,6-9H2,1-2H3,(H,40,41)/t10?,14?,16-,17?,22?,27-/m0/s1. The van der Waals surface area contributed by atoms with E-state index in [0.717, 1.165) is 19.1 Å². The Kier molecular flexibility index (Phi) is 9.03. The fourth-order valence-electron chi connectivity index (χ4n) is 5.95. The Morgan fingerprint density at radius 3 is 2.46 bits per heavy atom. The lowest BCUT2D eigenvalue weighted by molar-refractivity contribution is -0.254. The number of hydrogen-bond donors (Lipinski definition) is 6. The molecule has 0 amide bonds. The van der Waals surface area contributed by atoms with Crippen LogP contribution in [0.5, 0.6) is 17.2 Å². The fourth-order valence-corrected chi connectivity index (χ4v) is 6.16. The van der Waals surface area contributed by atoms with Gasteiger partial charge in [0.15, 0.2) is 24.5 Å². The molecule has 5 unspecified atom stereocenters. The number of hydrogen-bond acceptors (Lipinski definition) is 13. The van der Waals surface area contributed by atoms with Gasteiger partial charge in [-0.2, -0.15) is 27.1 Å². The minimum atomic E-state index is -4.79. The molecule has 2 aromatic rings. The first-order valence-electron chi connectivity index (χ1n) is 13.7. The maximum Gasteiger partial charge on any atom is 0.422 e. The van der Waals surface area contributed by atoms with E-state index in [-0.39, 0.29) is 17.5 Å². The number of fused-ring (bicyclic) bond motifs is 3. The van der Waals surface area contributed by atoms with Crippen LogP contribution in [0.1, 0.15) is 75.8 Å². The summed E-state index contributed by atoms with van der Waals surface area (Å²) in [5.74, 6) is -5.32. The van der Waals surface area contributed by atoms with Crippen LogP contribution in [-0.4, -0.2) is 89.5 Å². The summed E-state index contributed by atoms with van der Waals surface area (Å²) < 4.78 is 79.7. The van der Waals surface area contributed by atoms with Gasteiger partial charge in [-0.3, -0.25) is 18.9 Å². The number of halogens is 3. The summed E-state index contributed by atoms with van der Waals surface area (Å²) in [5.41, 5.74) is -3.06. The summed E-state index contributed by atoms with van der Waals surface area (Å²) >= 11 is -2.75. The van der Waals surface area contributed by atoms with Crippen LogP contribution in [0.2, 0.25) is 0 Å². The molecule has 18 heteroatoms. The number of ether oxygens (including phenoxy) is 3. The molecule has 6 N–H and O–H groups in total. The van der Waals surface area contributed by atoms with Crippen molar-refractivity contribution in [3.05, 3.63) is 51.6 Å². The maximum absolute atomic E-state index is 13.8. The number of benzene rings is 2. The summed E-state index contributed by atoms with van der Waals surface area (Å²) in [6.45, 7) is 0.709. The lowest BCUT2D eigenvalue weighted by Crippen LogP contribution is -2.54. The van der Waals surface area contributed by atoms with Gasteiger partial charge >= 0.3 is 17.5 Å². The van der Waals surface area contributed by atoms with Crippen LogP contribution < -0.4 is 10.2 Å². The summed E-state index contributed by atoms with van der Waals surface area (Å²) in [5, 5.41) is 44.7. The number of phenols is 2. The molecule has 14 nitrogen and oxygen atoms in total. The van der Waals surface area contributed by atoms with E-state index in [1.165, 1.54) is 13.0 Å². The van der Waals surface area contributed by atoms with Crippen LogP contribution in [0.25, 0.3) is 0 Å². The second-order valence-corrected chi connectivity index (χ2v) is 11.8. The molecule has 250 valence electrons. The number of hydroxylamine groups is 1. The lowest BCUT2D eigenvalue weighted by Gasteiger charge is -2.42. The second kappa shape index (κ2) is 12.3. The van der Waals surface area contributed by atoms with Crippen LogP contribution in [0, 0.1) is 0 Å². The fraction of sp³-hybridized carbons (Fsp3) is 0.464. The number of aliphatic hydroxyl groups is 2. The number of carbonyl (C=O) groups excluding carboxylic acids is 3. The molecule has 0 saturated carbocycles. The first-order valence-corrected chi connectivity index (χ1v) is 14.8. The van der Waals surface area contributed by atoms with Crippen LogP contribution in [-0.2, 0) is 36.3 Å². The Labute approximate surface area is 260 Å². The third-order valence-electron chi connectivity index (χ3n) is 8.20. The molecular formula is C28H28F3NO13S. The van der Waals surface area contributed by atoms with Crippen molar-refractivity contribution in [1.29, 1.82) is 0 Å². The predicted molar refractivity (Wildman–Crippen MR) is 146 cm³/mol. The first kappa shape index (κ1) is 33.9. The van der Waals surface area contributed by atoms with Crippen LogP contribution in [0.3, 0.4) is 0 Å². The molecule has 0 aromatic heterocycles. The van der Waals surface area contributed by atoms with Crippen molar-refractivity contribution in [2.24, 2.45) is 0 Å². The number of carbonyl (C=O) groups is 3. The number of ketones is 3. The number of alkyl halides is 3. The number of nitrogens with one attached hydrogen (secondary N) is 1. The van der Waals surface area contributed by atoms with Gasteiger partial charge in [0, 0.05) is 36.0 Å². The summed E-state index contributed by atoms with van der Waals surface area (Å²) in [6.07, 6.45) is -11.3. The number of Topliss-reactive ketones (excluding diaryl/α,β-unsaturated/α-hetero) is 1. The van der Waals surface area contributed by atoms with Crippen molar-refractivity contribution >= 4 is 28.7 Å². The number of aromatic hydroxyl groups is 2. The highest BCUT2D eigenvalue weighted by molar-refractivity contribution is 7.74. The largest absolute Gasteiger partial charge is 0.507 e. The SMILES string of the molecule is CC(=O)[C@]1(O)Cc2c(O)c3c(c(O)c2[C@@H](OC2CC(NOS(=O)O)C(O)C(C)O2)C1)C(=O)c1c(OCC(F)(F)F)cccc1C3=O. The van der Waals surface area contributed by atoms with Crippen molar-refractivity contribution in [2.75, 3.05) is 6.61 Å². The third-order valence-corrected chi connectivity index (χ3v) is 8.43. The van der Waals surface area contributed by atoms with Crippen molar-refractivity contribution in [3.63, 3.8) is 0 Å². The molecule has 1 heterocycles. The van der Waals surface area contributed by atoms with E-state index in [4.69, 9.17) is 18.8 Å². The van der Waals surface area contributed by atoms with Crippen LogP contribution in [0.15, 0.2) is 18.2 Å². The highest BCUT2D eigenvalue weighted by atomic mass is 32.2. The lowest BCUT2D eigenvalue weighted by atomic mass is 9.72. The highest BCUT2D eigenvalue weighted by Crippen LogP contribution is 2.52. The molecule has 1 fully saturated rings. The Morgan fingerprint density at radius 2 is 1.83 bits per heavy atom. The molecule has 0 radical (unpaired) electrons. The van der Waals surface area contributed by atoms with Crippen LogP contribution in [0.4, 0.5) is 13.2 Å². The molecule has 2 aromatic carbocycles. The van der Waals surface area contributed by atoms with E-state index in [9.17, 15) is 52.2 Å². The Bertz CT molecular complexity index is 1630. The molecule has 3 aliphatic rings. The number of rotatable bonds is 8. The van der Waals surface area contributed by atoms with E-state index in [1.54, 1.807) is 0 Å². The zero-order valence-electron chi connectivity index (χ0n) is 24.0. The monoisotopic (exact) mass is 675 g/mol. The molecule has 5 rings (SSSR count). The summed E-state index contributed by atoms with van der Waals surface area (Å²) in [6, 6.07) is 2.28. The van der Waals surface area contributed by atoms with E-state index < -0.39 is 130 Å². The van der Waals surface area contributed by atoms with Gasteiger partial charge in [-0.15, -0.1) is 0 Å². The summed E-state index contributed by atoms with van der Waals surface area (Å²) in [4.78, 5) is 40.0. The van der Waals surface area contributed by atoms with E-state index in [1.807, 2.05) is 0 Å². The van der Waals surface area contributed by atoms with Crippen molar-refractivity contribution in [2.45, 2.75) is 75.5 Å². The molecule has 46 heavy (non-hydrogen) atoms. The van der Waals surface area contributed by atoms with Gasteiger partial charge in [0.2, 0.25) is 5.78 Å². The average Bonchev–Trinajstić information content (AvgIpc) is 2.96. The number of aliphatic hydroxyl groups excluding tert-OH is 1. The molecule has 2 aliphatic carbocycles. The van der Waals surface area contributed by atoms with Gasteiger partial charge in [-0.1, -0.05) is 12.1 Å². The highest BCUT2D eigenvalue weighted by Gasteiger charge is 2.49. The Hall–Kier alpha value is -3.49. The van der Waals surface area contributed by atoms with Crippen LogP contribution >= 0.6 is 0 Å². The van der Waals surface area contributed by atoms with Crippen molar-refractivity contribution < 1.29 is 75.2 Å². The minimum Gasteiger partial charge on any atom is -0.507 e. The normalized spacial score (nSPS) is 28.2. The van der Waals surface area contributed by atoms with Gasteiger partial charge in [-0.05, 0) is 19.9 Å². The minimum absolute atomic E-state index is 0.255. The Balaban J connectivity index is 1.60. The number of phenolic OH excluding ortho intramolecular Hbond substituents is 2. The van der Waals surface area contributed by atoms with Crippen molar-refractivity contribution in [3.8, 4) is 17.2 Å². The summed E-state index contributed by atoms with van der Waals surface area (Å²) in [7, 11) is 0. The zero-order chi connectivity index (χ0) is 33.9. The molecule has 7 atom stereocenters. The van der Waals surface area contributed by atoms with E-state index in [0.29, 0.717) is 0 Å². The smallest absolute Gasteiger partial charge is 0.422 e. The van der Waals surface area contributed by atoms with Gasteiger partial charge in [0.05, 0.1) is 41.0 Å². The molecule has 1 aliphatic heterocycles. The quantitative estimate of drug-likeness (QED) is 0.114. The van der Waals surface area contributed by atoms with Gasteiger partial charge < -0.3 is 34.6 Å². The van der Waals surface area contributed by atoms with Gasteiger partial charge in [0.1, 0.15) is 22.8 Å². The van der Waals surface area contributed by atoms with Gasteiger partial charge in [0.25, 0.3) is 0 Å². The topological polar surface area (TPSA) is 218 Å². The first-order chi connectivity index (χ1) is 21.4. The zero-order valence-corrected chi connectivity index (χ0v) is 24.8. The average molecular weight is 676 g/mol. The van der Waals surface area contributed by atoms with Gasteiger partial charge in [-0.25, -0.2) is 0 Å². The maximum atomic E-state index is 13.8. The molecule has 1 saturated heterocycles. The van der Waals surface area contributed by atoms with Crippen molar-refractivity contribution in [1.82, 2.24) is 5.48 Å².